The lowest BCUT2D eigenvalue weighted by atomic mass is 10.2. The lowest BCUT2D eigenvalue weighted by Crippen LogP contribution is -2.34. The van der Waals surface area contributed by atoms with Crippen LogP contribution < -0.4 is 9.64 Å². The first-order chi connectivity index (χ1) is 13.8. The predicted octanol–water partition coefficient (Wildman–Crippen LogP) is 2.69. The number of rotatable bonds is 6. The summed E-state index contributed by atoms with van der Waals surface area (Å²) in [4.78, 5) is 21.8. The van der Waals surface area contributed by atoms with Crippen molar-refractivity contribution in [1.82, 2.24) is 9.97 Å². The number of carbonyl (C=O) groups is 1. The lowest BCUT2D eigenvalue weighted by Gasteiger charge is -2.22. The standard InChI is InChI=1S/C19H20F3N3O4/c1-2-28-17(27)12-8-23-18(24-9-12)25-10-16(7-14(25)11-26)29-15-5-3-13(4-6-15)19(20,21)22/h3-6,8-9,14,16,26H,2,7,10-11H2,1H3/t14-,16-/m0/s1. The number of hydrogen-bond acceptors (Lipinski definition) is 7. The van der Waals surface area contributed by atoms with Crippen LogP contribution in [0.4, 0.5) is 19.1 Å². The van der Waals surface area contributed by atoms with E-state index in [1.807, 2.05) is 0 Å². The Morgan fingerprint density at radius 3 is 2.45 bits per heavy atom. The van der Waals surface area contributed by atoms with Crippen LogP contribution in [0.1, 0.15) is 29.3 Å². The van der Waals surface area contributed by atoms with E-state index in [4.69, 9.17) is 9.47 Å². The molecule has 0 saturated carbocycles. The van der Waals surface area contributed by atoms with E-state index in [2.05, 4.69) is 9.97 Å². The minimum atomic E-state index is -4.41. The van der Waals surface area contributed by atoms with Gasteiger partial charge in [0.2, 0.25) is 5.95 Å². The zero-order valence-electron chi connectivity index (χ0n) is 15.6. The maximum atomic E-state index is 12.7. The van der Waals surface area contributed by atoms with Crippen LogP contribution >= 0.6 is 0 Å². The van der Waals surface area contributed by atoms with Gasteiger partial charge in [-0.15, -0.1) is 0 Å². The number of esters is 1. The summed E-state index contributed by atoms with van der Waals surface area (Å²) in [6, 6.07) is 4.14. The summed E-state index contributed by atoms with van der Waals surface area (Å²) >= 11 is 0. The number of nitrogens with zero attached hydrogens (tertiary/aromatic N) is 3. The number of carbonyl (C=O) groups excluding carboxylic acids is 1. The molecule has 2 aromatic rings. The SMILES string of the molecule is CCOC(=O)c1cnc(N2C[C@@H](Oc3ccc(C(F)(F)F)cc3)C[C@H]2CO)nc1. The number of benzene rings is 1. The molecule has 156 valence electrons. The molecule has 0 aliphatic carbocycles. The second-order valence-corrected chi connectivity index (χ2v) is 6.48. The van der Waals surface area contributed by atoms with E-state index in [-0.39, 0.29) is 30.9 Å². The molecule has 1 fully saturated rings. The molecule has 2 atom stereocenters. The van der Waals surface area contributed by atoms with Crippen molar-refractivity contribution in [2.45, 2.75) is 31.7 Å². The highest BCUT2D eigenvalue weighted by atomic mass is 19.4. The van der Waals surface area contributed by atoms with Gasteiger partial charge in [0.25, 0.3) is 0 Å². The lowest BCUT2D eigenvalue weighted by molar-refractivity contribution is -0.137. The number of aromatic nitrogens is 2. The minimum absolute atomic E-state index is 0.171. The highest BCUT2D eigenvalue weighted by Gasteiger charge is 2.35. The fourth-order valence-corrected chi connectivity index (χ4v) is 3.08. The minimum Gasteiger partial charge on any atom is -0.489 e. The van der Waals surface area contributed by atoms with Crippen molar-refractivity contribution in [2.75, 3.05) is 24.7 Å². The van der Waals surface area contributed by atoms with Crippen molar-refractivity contribution in [3.05, 3.63) is 47.8 Å². The van der Waals surface area contributed by atoms with Gasteiger partial charge < -0.3 is 19.5 Å². The fourth-order valence-electron chi connectivity index (χ4n) is 3.08. The Balaban J connectivity index is 1.67. The molecular weight excluding hydrogens is 391 g/mol. The Labute approximate surface area is 165 Å². The van der Waals surface area contributed by atoms with Gasteiger partial charge in [-0.25, -0.2) is 14.8 Å². The number of hydrogen-bond donors (Lipinski definition) is 1. The summed E-state index contributed by atoms with van der Waals surface area (Å²) in [5.41, 5.74) is -0.533. The van der Waals surface area contributed by atoms with Gasteiger partial charge in [-0.05, 0) is 31.2 Å². The largest absolute Gasteiger partial charge is 0.489 e. The quantitative estimate of drug-likeness (QED) is 0.732. The van der Waals surface area contributed by atoms with E-state index in [9.17, 15) is 23.1 Å². The van der Waals surface area contributed by atoms with Crippen LogP contribution in [0.15, 0.2) is 36.7 Å². The molecule has 0 bridgehead atoms. The molecule has 3 rings (SSSR count). The molecule has 1 aliphatic heterocycles. The fraction of sp³-hybridized carbons (Fsp3) is 0.421. The van der Waals surface area contributed by atoms with Crippen molar-refractivity contribution >= 4 is 11.9 Å². The number of alkyl halides is 3. The van der Waals surface area contributed by atoms with Gasteiger partial charge >= 0.3 is 12.1 Å². The molecule has 2 heterocycles. The molecular formula is C19H20F3N3O4. The van der Waals surface area contributed by atoms with Gasteiger partial charge in [0, 0.05) is 18.8 Å². The molecule has 0 unspecified atom stereocenters. The number of aliphatic hydroxyl groups is 1. The molecule has 0 spiro atoms. The highest BCUT2D eigenvalue weighted by molar-refractivity contribution is 5.88. The average molecular weight is 411 g/mol. The first-order valence-corrected chi connectivity index (χ1v) is 9.02. The Bertz CT molecular complexity index is 828. The summed E-state index contributed by atoms with van der Waals surface area (Å²) in [6.45, 7) is 2.10. The second-order valence-electron chi connectivity index (χ2n) is 6.48. The van der Waals surface area contributed by atoms with Crippen molar-refractivity contribution in [1.29, 1.82) is 0 Å². The van der Waals surface area contributed by atoms with Gasteiger partial charge in [-0.2, -0.15) is 13.2 Å². The maximum Gasteiger partial charge on any atom is 0.416 e. The van der Waals surface area contributed by atoms with Crippen molar-refractivity contribution in [3.63, 3.8) is 0 Å². The Morgan fingerprint density at radius 2 is 1.90 bits per heavy atom. The summed E-state index contributed by atoms with van der Waals surface area (Å²) < 4.78 is 48.6. The molecule has 29 heavy (non-hydrogen) atoms. The Kier molecular flexibility index (Phi) is 6.21. The zero-order valence-corrected chi connectivity index (χ0v) is 15.6. The summed E-state index contributed by atoms with van der Waals surface area (Å²) in [7, 11) is 0. The molecule has 10 heteroatoms. The topological polar surface area (TPSA) is 84.8 Å². The normalized spacial score (nSPS) is 19.3. The summed E-state index contributed by atoms with van der Waals surface area (Å²) in [5.74, 6) is 0.0958. The van der Waals surface area contributed by atoms with Gasteiger partial charge in [0.15, 0.2) is 0 Å². The third-order valence-electron chi connectivity index (χ3n) is 4.48. The van der Waals surface area contributed by atoms with E-state index in [1.54, 1.807) is 11.8 Å². The molecule has 1 saturated heterocycles. The zero-order chi connectivity index (χ0) is 21.0. The smallest absolute Gasteiger partial charge is 0.416 e. The summed E-state index contributed by atoms with van der Waals surface area (Å²) in [5, 5.41) is 9.67. The Hall–Kier alpha value is -2.88. The van der Waals surface area contributed by atoms with E-state index in [0.29, 0.717) is 24.7 Å². The molecule has 1 aromatic carbocycles. The molecule has 0 radical (unpaired) electrons. The average Bonchev–Trinajstić information content (AvgIpc) is 3.11. The van der Waals surface area contributed by atoms with Crippen LogP contribution in [0.3, 0.4) is 0 Å². The van der Waals surface area contributed by atoms with Crippen molar-refractivity contribution < 1.29 is 32.5 Å². The monoisotopic (exact) mass is 411 g/mol. The van der Waals surface area contributed by atoms with Gasteiger partial charge in [0.1, 0.15) is 11.9 Å². The Morgan fingerprint density at radius 1 is 1.24 bits per heavy atom. The van der Waals surface area contributed by atoms with Gasteiger partial charge in [-0.1, -0.05) is 0 Å². The second kappa shape index (κ2) is 8.64. The summed E-state index contributed by atoms with van der Waals surface area (Å²) in [6.07, 6.45) is -1.63. The van der Waals surface area contributed by atoms with Crippen LogP contribution in [-0.4, -0.2) is 52.9 Å². The van der Waals surface area contributed by atoms with Gasteiger partial charge in [-0.3, -0.25) is 0 Å². The van der Waals surface area contributed by atoms with E-state index >= 15 is 0 Å². The van der Waals surface area contributed by atoms with Crippen LogP contribution in [0.2, 0.25) is 0 Å². The third kappa shape index (κ3) is 4.94. The molecule has 1 N–H and O–H groups in total. The van der Waals surface area contributed by atoms with Crippen LogP contribution in [0.5, 0.6) is 5.75 Å². The molecule has 1 aromatic heterocycles. The molecule has 1 aliphatic rings. The first kappa shape index (κ1) is 20.8. The van der Waals surface area contributed by atoms with Crippen LogP contribution in [0, 0.1) is 0 Å². The van der Waals surface area contributed by atoms with Crippen molar-refractivity contribution in [2.24, 2.45) is 0 Å². The third-order valence-corrected chi connectivity index (χ3v) is 4.48. The molecule has 7 nitrogen and oxygen atoms in total. The van der Waals surface area contributed by atoms with E-state index in [0.717, 1.165) is 12.1 Å². The van der Waals surface area contributed by atoms with E-state index < -0.39 is 17.7 Å². The highest BCUT2D eigenvalue weighted by Crippen LogP contribution is 2.31. The van der Waals surface area contributed by atoms with E-state index in [1.165, 1.54) is 24.5 Å². The first-order valence-electron chi connectivity index (χ1n) is 9.02. The maximum absolute atomic E-state index is 12.7. The number of aliphatic hydroxyl groups excluding tert-OH is 1. The van der Waals surface area contributed by atoms with Crippen LogP contribution in [-0.2, 0) is 10.9 Å². The number of ether oxygens (including phenoxy) is 2. The van der Waals surface area contributed by atoms with Crippen molar-refractivity contribution in [3.8, 4) is 5.75 Å². The predicted molar refractivity (Wildman–Crippen MR) is 96.7 cm³/mol. The molecule has 0 amide bonds. The van der Waals surface area contributed by atoms with Gasteiger partial charge in [0.05, 0.1) is 36.9 Å². The van der Waals surface area contributed by atoms with Crippen LogP contribution in [0.25, 0.3) is 0 Å². The number of halogens is 3. The number of anilines is 1.